The Morgan fingerprint density at radius 2 is 2.12 bits per heavy atom. The molecule has 0 aliphatic carbocycles. The fraction of sp³-hybridized carbons (Fsp3) is 0.294. The van der Waals surface area contributed by atoms with Gasteiger partial charge in [-0.1, -0.05) is 17.7 Å². The zero-order valence-corrected chi connectivity index (χ0v) is 16.3. The molecule has 140 valence electrons. The van der Waals surface area contributed by atoms with E-state index in [9.17, 15) is 13.2 Å². The van der Waals surface area contributed by atoms with Crippen molar-refractivity contribution in [1.29, 1.82) is 0 Å². The number of aromatic nitrogens is 1. The SMILES string of the molecule is COc1cc(Cl)c(C)cc1N(CC(=O)NCc1cccnc1)S(C)(=O)=O. The van der Waals surface area contributed by atoms with Crippen LogP contribution in [0.15, 0.2) is 36.7 Å². The predicted molar refractivity (Wildman–Crippen MR) is 101 cm³/mol. The normalized spacial score (nSPS) is 11.1. The van der Waals surface area contributed by atoms with Crippen molar-refractivity contribution in [2.75, 3.05) is 24.2 Å². The third-order valence-corrected chi connectivity index (χ3v) is 5.16. The summed E-state index contributed by atoms with van der Waals surface area (Å²) in [5.41, 5.74) is 1.74. The van der Waals surface area contributed by atoms with Crippen LogP contribution in [0.2, 0.25) is 5.02 Å². The molecule has 7 nitrogen and oxygen atoms in total. The zero-order valence-electron chi connectivity index (χ0n) is 14.7. The van der Waals surface area contributed by atoms with Crippen LogP contribution >= 0.6 is 11.6 Å². The number of methoxy groups -OCH3 is 1. The molecule has 1 aromatic heterocycles. The molecule has 26 heavy (non-hydrogen) atoms. The van der Waals surface area contributed by atoms with E-state index >= 15 is 0 Å². The number of hydrogen-bond donors (Lipinski definition) is 1. The van der Waals surface area contributed by atoms with E-state index in [1.807, 2.05) is 6.07 Å². The molecule has 0 saturated heterocycles. The van der Waals surface area contributed by atoms with Crippen LogP contribution in [0.5, 0.6) is 5.75 Å². The van der Waals surface area contributed by atoms with Crippen molar-refractivity contribution in [1.82, 2.24) is 10.3 Å². The largest absolute Gasteiger partial charge is 0.494 e. The summed E-state index contributed by atoms with van der Waals surface area (Å²) >= 11 is 6.07. The Morgan fingerprint density at radius 3 is 2.69 bits per heavy atom. The molecule has 0 atom stereocenters. The average Bonchev–Trinajstić information content (AvgIpc) is 2.60. The van der Waals surface area contributed by atoms with E-state index in [2.05, 4.69) is 10.3 Å². The van der Waals surface area contributed by atoms with Gasteiger partial charge in [0.15, 0.2) is 0 Å². The maximum atomic E-state index is 12.3. The van der Waals surface area contributed by atoms with Crippen molar-refractivity contribution in [3.8, 4) is 5.75 Å². The molecule has 2 aromatic rings. The minimum atomic E-state index is -3.72. The number of pyridine rings is 1. The maximum Gasteiger partial charge on any atom is 0.241 e. The van der Waals surface area contributed by atoms with Crippen molar-refractivity contribution < 1.29 is 17.9 Å². The number of rotatable bonds is 7. The van der Waals surface area contributed by atoms with Gasteiger partial charge in [0.2, 0.25) is 15.9 Å². The highest BCUT2D eigenvalue weighted by Crippen LogP contribution is 2.34. The molecule has 0 saturated carbocycles. The lowest BCUT2D eigenvalue weighted by molar-refractivity contribution is -0.119. The van der Waals surface area contributed by atoms with Gasteiger partial charge in [-0.2, -0.15) is 0 Å². The number of carbonyl (C=O) groups is 1. The average molecular weight is 398 g/mol. The predicted octanol–water partition coefficient (Wildman–Crippen LogP) is 2.13. The van der Waals surface area contributed by atoms with E-state index < -0.39 is 15.9 Å². The van der Waals surface area contributed by atoms with E-state index in [4.69, 9.17) is 16.3 Å². The fourth-order valence-corrected chi connectivity index (χ4v) is 3.28. The van der Waals surface area contributed by atoms with Crippen LogP contribution < -0.4 is 14.4 Å². The fourth-order valence-electron chi connectivity index (χ4n) is 2.28. The lowest BCUT2D eigenvalue weighted by Crippen LogP contribution is -2.40. The number of ether oxygens (including phenoxy) is 1. The van der Waals surface area contributed by atoms with Gasteiger partial charge >= 0.3 is 0 Å². The minimum Gasteiger partial charge on any atom is -0.494 e. The van der Waals surface area contributed by atoms with E-state index in [1.54, 1.807) is 31.5 Å². The third kappa shape index (κ3) is 5.09. The summed E-state index contributed by atoms with van der Waals surface area (Å²) in [4.78, 5) is 16.3. The Bertz CT molecular complexity index is 888. The van der Waals surface area contributed by atoms with Crippen molar-refractivity contribution in [3.05, 3.63) is 52.8 Å². The van der Waals surface area contributed by atoms with Crippen molar-refractivity contribution in [2.24, 2.45) is 0 Å². The molecule has 0 bridgehead atoms. The molecular weight excluding hydrogens is 378 g/mol. The Kier molecular flexibility index (Phi) is 6.44. The Hall–Kier alpha value is -2.32. The van der Waals surface area contributed by atoms with Gasteiger partial charge in [-0.3, -0.25) is 14.1 Å². The van der Waals surface area contributed by atoms with Crippen LogP contribution in [-0.2, 0) is 21.4 Å². The quantitative estimate of drug-likeness (QED) is 0.773. The zero-order chi connectivity index (χ0) is 19.3. The summed E-state index contributed by atoms with van der Waals surface area (Å²) in [7, 11) is -2.31. The second-order valence-corrected chi connectivity index (χ2v) is 7.99. The lowest BCUT2D eigenvalue weighted by Gasteiger charge is -2.24. The topological polar surface area (TPSA) is 88.6 Å². The molecule has 9 heteroatoms. The molecule has 0 radical (unpaired) electrons. The number of nitrogens with zero attached hydrogens (tertiary/aromatic N) is 2. The number of nitrogens with one attached hydrogen (secondary N) is 1. The number of benzene rings is 1. The molecule has 0 fully saturated rings. The van der Waals surface area contributed by atoms with E-state index in [1.165, 1.54) is 13.2 Å². The molecule has 0 unspecified atom stereocenters. The van der Waals surface area contributed by atoms with Crippen molar-refractivity contribution in [2.45, 2.75) is 13.5 Å². The molecule has 0 aliphatic heterocycles. The molecule has 2 rings (SSSR count). The van der Waals surface area contributed by atoms with Gasteiger partial charge in [0.05, 0.1) is 19.1 Å². The number of sulfonamides is 1. The first kappa shape index (κ1) is 20.0. The second-order valence-electron chi connectivity index (χ2n) is 5.68. The molecule has 1 aromatic carbocycles. The summed E-state index contributed by atoms with van der Waals surface area (Å²) in [6, 6.07) is 6.67. The summed E-state index contributed by atoms with van der Waals surface area (Å²) in [5.74, 6) is -0.181. The smallest absolute Gasteiger partial charge is 0.241 e. The first-order valence-corrected chi connectivity index (χ1v) is 9.92. The summed E-state index contributed by atoms with van der Waals surface area (Å²) in [6.45, 7) is 1.62. The molecule has 0 aliphatic rings. The van der Waals surface area contributed by atoms with Crippen LogP contribution in [0.4, 0.5) is 5.69 Å². The molecule has 1 amide bonds. The summed E-state index contributed by atoms with van der Waals surface area (Å²) < 4.78 is 30.7. The van der Waals surface area contributed by atoms with Gasteiger partial charge in [-0.15, -0.1) is 0 Å². The van der Waals surface area contributed by atoms with Gasteiger partial charge < -0.3 is 10.1 Å². The third-order valence-electron chi connectivity index (χ3n) is 3.63. The van der Waals surface area contributed by atoms with Gasteiger partial charge in [0.25, 0.3) is 0 Å². The van der Waals surface area contributed by atoms with Crippen molar-refractivity contribution >= 4 is 33.2 Å². The highest BCUT2D eigenvalue weighted by Gasteiger charge is 2.24. The van der Waals surface area contributed by atoms with Gasteiger partial charge in [-0.05, 0) is 30.2 Å². The van der Waals surface area contributed by atoms with Crippen LogP contribution in [-0.4, -0.2) is 39.2 Å². The van der Waals surface area contributed by atoms with Crippen LogP contribution in [0, 0.1) is 6.92 Å². The number of anilines is 1. The van der Waals surface area contributed by atoms with Gasteiger partial charge in [0, 0.05) is 30.0 Å². The molecular formula is C17H20ClN3O4S. The van der Waals surface area contributed by atoms with Gasteiger partial charge in [0.1, 0.15) is 12.3 Å². The second kappa shape index (κ2) is 8.37. The van der Waals surface area contributed by atoms with Gasteiger partial charge in [-0.25, -0.2) is 8.42 Å². The summed E-state index contributed by atoms with van der Waals surface area (Å²) in [6.07, 6.45) is 4.29. The lowest BCUT2D eigenvalue weighted by atomic mass is 10.2. The Balaban J connectivity index is 2.24. The minimum absolute atomic E-state index is 0.251. The molecule has 0 spiro atoms. The number of halogens is 1. The highest BCUT2D eigenvalue weighted by atomic mass is 35.5. The Morgan fingerprint density at radius 1 is 1.38 bits per heavy atom. The van der Waals surface area contributed by atoms with Crippen LogP contribution in [0.1, 0.15) is 11.1 Å². The van der Waals surface area contributed by atoms with E-state index in [-0.39, 0.29) is 24.5 Å². The molecule has 1 N–H and O–H groups in total. The first-order valence-electron chi connectivity index (χ1n) is 7.70. The van der Waals surface area contributed by atoms with Crippen molar-refractivity contribution in [3.63, 3.8) is 0 Å². The monoisotopic (exact) mass is 397 g/mol. The first-order chi connectivity index (χ1) is 12.2. The standard InChI is InChI=1S/C17H20ClN3O4S/c1-12-7-15(16(25-2)8-14(12)18)21(26(3,23)24)11-17(22)20-10-13-5-4-6-19-9-13/h4-9H,10-11H2,1-3H3,(H,20,22). The highest BCUT2D eigenvalue weighted by molar-refractivity contribution is 7.92. The number of carbonyl (C=O) groups excluding carboxylic acids is 1. The van der Waals surface area contributed by atoms with Crippen LogP contribution in [0.3, 0.4) is 0 Å². The summed E-state index contributed by atoms with van der Waals surface area (Å²) in [5, 5.41) is 3.13. The van der Waals surface area contributed by atoms with Crippen LogP contribution in [0.25, 0.3) is 0 Å². The molecule has 1 heterocycles. The van der Waals surface area contributed by atoms with E-state index in [0.29, 0.717) is 10.6 Å². The number of hydrogen-bond acceptors (Lipinski definition) is 5. The maximum absolute atomic E-state index is 12.3. The Labute approximate surface area is 158 Å². The number of amides is 1. The van der Waals surface area contributed by atoms with E-state index in [0.717, 1.165) is 16.1 Å². The number of aryl methyl sites for hydroxylation is 1.